The van der Waals surface area contributed by atoms with E-state index in [2.05, 4.69) is 28.0 Å². The van der Waals surface area contributed by atoms with E-state index in [0.717, 1.165) is 48.8 Å². The number of anilines is 2. The molecule has 1 aromatic heterocycles. The zero-order valence-electron chi connectivity index (χ0n) is 15.9. The van der Waals surface area contributed by atoms with E-state index < -0.39 is 0 Å². The minimum absolute atomic E-state index is 0.231. The number of piperazine rings is 1. The Kier molecular flexibility index (Phi) is 5.27. The van der Waals surface area contributed by atoms with E-state index in [1.54, 1.807) is 4.90 Å². The summed E-state index contributed by atoms with van der Waals surface area (Å²) in [6.07, 6.45) is 3.49. The van der Waals surface area contributed by atoms with Crippen molar-refractivity contribution in [3.8, 4) is 0 Å². The van der Waals surface area contributed by atoms with Gasteiger partial charge in [0.2, 0.25) is 5.95 Å². The van der Waals surface area contributed by atoms with Gasteiger partial charge in [-0.3, -0.25) is 0 Å². The Balaban J connectivity index is 1.58. The Labute approximate surface area is 159 Å². The summed E-state index contributed by atoms with van der Waals surface area (Å²) in [5.41, 5.74) is 0.982. The van der Waals surface area contributed by atoms with Gasteiger partial charge < -0.3 is 19.4 Å². The highest BCUT2D eigenvalue weighted by Crippen LogP contribution is 2.29. The quantitative estimate of drug-likeness (QED) is 0.829. The maximum Gasteiger partial charge on any atom is 0.409 e. The van der Waals surface area contributed by atoms with Gasteiger partial charge in [0, 0.05) is 44.7 Å². The molecule has 2 aromatic rings. The highest BCUT2D eigenvalue weighted by Gasteiger charge is 2.25. The number of benzene rings is 1. The average molecular weight is 369 g/mol. The van der Waals surface area contributed by atoms with Crippen molar-refractivity contribution < 1.29 is 9.53 Å². The van der Waals surface area contributed by atoms with Gasteiger partial charge in [0.1, 0.15) is 5.82 Å². The van der Waals surface area contributed by atoms with E-state index in [4.69, 9.17) is 14.7 Å². The van der Waals surface area contributed by atoms with Gasteiger partial charge in [0.05, 0.1) is 12.1 Å². The van der Waals surface area contributed by atoms with Crippen LogP contribution in [0.5, 0.6) is 0 Å². The smallest absolute Gasteiger partial charge is 0.409 e. The highest BCUT2D eigenvalue weighted by atomic mass is 16.6. The van der Waals surface area contributed by atoms with Gasteiger partial charge in [-0.1, -0.05) is 12.1 Å². The van der Waals surface area contributed by atoms with Crippen molar-refractivity contribution >= 4 is 28.8 Å². The number of carbonyl (C=O) groups is 1. The number of para-hydroxylation sites is 1. The van der Waals surface area contributed by atoms with E-state index >= 15 is 0 Å². The Morgan fingerprint density at radius 3 is 2.44 bits per heavy atom. The minimum Gasteiger partial charge on any atom is -0.450 e. The van der Waals surface area contributed by atoms with Crippen molar-refractivity contribution in [2.45, 2.75) is 26.2 Å². The molecule has 2 fully saturated rings. The Morgan fingerprint density at radius 1 is 0.963 bits per heavy atom. The third-order valence-corrected chi connectivity index (χ3v) is 5.32. The van der Waals surface area contributed by atoms with Gasteiger partial charge >= 0.3 is 6.09 Å². The topological polar surface area (TPSA) is 61.8 Å². The number of carbonyl (C=O) groups excluding carboxylic acids is 1. The lowest BCUT2D eigenvalue weighted by molar-refractivity contribution is 0.105. The Morgan fingerprint density at radius 2 is 1.70 bits per heavy atom. The maximum atomic E-state index is 11.9. The van der Waals surface area contributed by atoms with Crippen molar-refractivity contribution in [1.82, 2.24) is 14.9 Å². The van der Waals surface area contributed by atoms with Crippen LogP contribution in [-0.2, 0) is 4.74 Å². The number of ether oxygens (including phenoxy) is 1. The number of amides is 1. The fourth-order valence-corrected chi connectivity index (χ4v) is 3.84. The molecule has 0 saturated carbocycles. The van der Waals surface area contributed by atoms with E-state index in [-0.39, 0.29) is 6.09 Å². The van der Waals surface area contributed by atoms with Crippen LogP contribution >= 0.6 is 0 Å². The summed E-state index contributed by atoms with van der Waals surface area (Å²) in [7, 11) is 0. The molecule has 4 rings (SSSR count). The molecule has 0 radical (unpaired) electrons. The third-order valence-electron chi connectivity index (χ3n) is 5.32. The Bertz CT molecular complexity index is 798. The molecule has 0 unspecified atom stereocenters. The molecule has 0 aliphatic carbocycles. The first-order chi connectivity index (χ1) is 13.3. The van der Waals surface area contributed by atoms with Crippen LogP contribution in [0.15, 0.2) is 24.3 Å². The second-order valence-corrected chi connectivity index (χ2v) is 7.09. The highest BCUT2D eigenvalue weighted by molar-refractivity contribution is 5.90. The lowest BCUT2D eigenvalue weighted by Crippen LogP contribution is -2.49. The number of hydrogen-bond donors (Lipinski definition) is 0. The first-order valence-corrected chi connectivity index (χ1v) is 9.94. The normalized spacial score (nSPS) is 18.0. The molecular weight excluding hydrogens is 342 g/mol. The summed E-state index contributed by atoms with van der Waals surface area (Å²) in [6, 6.07) is 8.25. The molecule has 27 heavy (non-hydrogen) atoms. The summed E-state index contributed by atoms with van der Waals surface area (Å²) in [5.74, 6) is 1.81. The van der Waals surface area contributed by atoms with Crippen LogP contribution in [0.2, 0.25) is 0 Å². The van der Waals surface area contributed by atoms with E-state index in [1.807, 2.05) is 13.0 Å². The molecule has 1 amide bonds. The summed E-state index contributed by atoms with van der Waals surface area (Å²) in [4.78, 5) is 28.0. The van der Waals surface area contributed by atoms with Gasteiger partial charge in [-0.05, 0) is 38.3 Å². The fraction of sp³-hybridized carbons (Fsp3) is 0.550. The summed E-state index contributed by atoms with van der Waals surface area (Å²) < 4.78 is 5.11. The van der Waals surface area contributed by atoms with Crippen LogP contribution in [-0.4, -0.2) is 66.8 Å². The molecule has 0 bridgehead atoms. The zero-order valence-corrected chi connectivity index (χ0v) is 15.9. The number of nitrogens with zero attached hydrogens (tertiary/aromatic N) is 5. The molecule has 2 aliphatic rings. The second kappa shape index (κ2) is 7.98. The summed E-state index contributed by atoms with van der Waals surface area (Å²) in [5, 5.41) is 1.12. The minimum atomic E-state index is -0.231. The molecule has 7 heteroatoms. The SMILES string of the molecule is CCOC(=O)N1CCN(c2nc(N3CCCCC3)c3ccccc3n2)CC1. The third kappa shape index (κ3) is 3.77. The van der Waals surface area contributed by atoms with Crippen molar-refractivity contribution in [3.63, 3.8) is 0 Å². The van der Waals surface area contributed by atoms with Crippen molar-refractivity contribution in [3.05, 3.63) is 24.3 Å². The largest absolute Gasteiger partial charge is 0.450 e. The van der Waals surface area contributed by atoms with Crippen LogP contribution in [0.25, 0.3) is 10.9 Å². The van der Waals surface area contributed by atoms with E-state index in [0.29, 0.717) is 19.7 Å². The number of hydrogen-bond acceptors (Lipinski definition) is 6. The monoisotopic (exact) mass is 369 g/mol. The standard InChI is InChI=1S/C20H27N5O2/c1-2-27-20(26)25-14-12-24(13-15-25)19-21-17-9-5-4-8-16(17)18(22-19)23-10-6-3-7-11-23/h4-5,8-9H,2-3,6-7,10-15H2,1H3. The van der Waals surface area contributed by atoms with Crippen LogP contribution < -0.4 is 9.80 Å². The van der Waals surface area contributed by atoms with Crippen LogP contribution in [0, 0.1) is 0 Å². The average Bonchev–Trinajstić information content (AvgIpc) is 2.74. The first-order valence-electron chi connectivity index (χ1n) is 9.94. The summed E-state index contributed by atoms with van der Waals surface area (Å²) in [6.45, 7) is 7.05. The van der Waals surface area contributed by atoms with Gasteiger partial charge in [-0.15, -0.1) is 0 Å². The van der Waals surface area contributed by atoms with Gasteiger partial charge in [0.25, 0.3) is 0 Å². The van der Waals surface area contributed by atoms with Gasteiger partial charge in [-0.2, -0.15) is 4.98 Å². The van der Waals surface area contributed by atoms with Crippen LogP contribution in [0.4, 0.5) is 16.6 Å². The van der Waals surface area contributed by atoms with Gasteiger partial charge in [0.15, 0.2) is 0 Å². The lowest BCUT2D eigenvalue weighted by Gasteiger charge is -2.35. The molecule has 2 saturated heterocycles. The number of fused-ring (bicyclic) bond motifs is 1. The van der Waals surface area contributed by atoms with Crippen LogP contribution in [0.3, 0.4) is 0 Å². The van der Waals surface area contributed by atoms with Crippen molar-refractivity contribution in [2.24, 2.45) is 0 Å². The maximum absolute atomic E-state index is 11.9. The zero-order chi connectivity index (χ0) is 18.6. The van der Waals surface area contributed by atoms with E-state index in [1.165, 1.54) is 19.3 Å². The number of rotatable bonds is 3. The second-order valence-electron chi connectivity index (χ2n) is 7.09. The van der Waals surface area contributed by atoms with Crippen molar-refractivity contribution in [1.29, 1.82) is 0 Å². The number of aromatic nitrogens is 2. The van der Waals surface area contributed by atoms with Crippen LogP contribution in [0.1, 0.15) is 26.2 Å². The van der Waals surface area contributed by atoms with E-state index in [9.17, 15) is 4.79 Å². The molecule has 3 heterocycles. The molecule has 1 aromatic carbocycles. The molecule has 0 spiro atoms. The molecule has 7 nitrogen and oxygen atoms in total. The number of piperidine rings is 1. The molecule has 2 aliphatic heterocycles. The van der Waals surface area contributed by atoms with Crippen molar-refractivity contribution in [2.75, 3.05) is 55.7 Å². The predicted molar refractivity (Wildman–Crippen MR) is 106 cm³/mol. The molecule has 0 atom stereocenters. The van der Waals surface area contributed by atoms with Gasteiger partial charge in [-0.25, -0.2) is 9.78 Å². The first kappa shape index (κ1) is 17.8. The summed E-state index contributed by atoms with van der Waals surface area (Å²) >= 11 is 0. The molecule has 0 N–H and O–H groups in total. The lowest BCUT2D eigenvalue weighted by atomic mass is 10.1. The molecule has 144 valence electrons. The Hall–Kier alpha value is -2.57. The molecular formula is C20H27N5O2. The predicted octanol–water partition coefficient (Wildman–Crippen LogP) is 2.90. The fourth-order valence-electron chi connectivity index (χ4n) is 3.84.